The summed E-state index contributed by atoms with van der Waals surface area (Å²) in [6, 6.07) is 5.34. The molecule has 0 spiro atoms. The summed E-state index contributed by atoms with van der Waals surface area (Å²) >= 11 is 5.25. The predicted octanol–water partition coefficient (Wildman–Crippen LogP) is 4.59. The fourth-order valence-electron chi connectivity index (χ4n) is 2.05. The maximum Gasteiger partial charge on any atom is 0.143 e. The number of halogens is 1. The fraction of sp³-hybridized carbons (Fsp3) is 0.562. The first kappa shape index (κ1) is 19.0. The highest BCUT2D eigenvalue weighted by Crippen LogP contribution is 2.29. The molecule has 0 aliphatic carbocycles. The van der Waals surface area contributed by atoms with Crippen LogP contribution in [0.3, 0.4) is 0 Å². The van der Waals surface area contributed by atoms with Gasteiger partial charge < -0.3 is 14.4 Å². The highest BCUT2D eigenvalue weighted by Gasteiger charge is 2.13. The first-order chi connectivity index (χ1) is 10.9. The molecule has 23 heavy (non-hydrogen) atoms. The molecule has 0 saturated heterocycles. The molecule has 0 fully saturated rings. The molecule has 2 rings (SSSR count). The number of ether oxygens (including phenoxy) is 1. The van der Waals surface area contributed by atoms with E-state index in [4.69, 9.17) is 14.8 Å². The lowest BCUT2D eigenvalue weighted by Crippen LogP contribution is -2.22. The van der Waals surface area contributed by atoms with Crippen molar-refractivity contribution in [1.82, 2.24) is 9.55 Å². The van der Waals surface area contributed by atoms with Crippen LogP contribution >= 0.6 is 27.7 Å². The summed E-state index contributed by atoms with van der Waals surface area (Å²) in [5.74, 6) is 0.862. The van der Waals surface area contributed by atoms with Crippen LogP contribution in [-0.2, 0) is 11.5 Å². The summed E-state index contributed by atoms with van der Waals surface area (Å²) in [4.78, 5) is 4.76. The second-order valence-corrected chi connectivity index (χ2v) is 14.3. The normalized spacial score (nSPS) is 12.2. The molecule has 4 nitrogen and oxygen atoms in total. The number of fused-ring (bicyclic) bond motifs is 1. The van der Waals surface area contributed by atoms with E-state index in [1.807, 2.05) is 6.20 Å². The number of nitrogens with zero attached hydrogens (tertiary/aromatic N) is 2. The smallest absolute Gasteiger partial charge is 0.143 e. The number of aliphatic hydroxyl groups excluding tert-OH is 1. The van der Waals surface area contributed by atoms with E-state index in [1.165, 1.54) is 6.04 Å². The third kappa shape index (κ3) is 5.90. The van der Waals surface area contributed by atoms with E-state index < -0.39 is 8.07 Å². The number of aromatic nitrogens is 2. The van der Waals surface area contributed by atoms with E-state index in [2.05, 4.69) is 52.3 Å². The molecule has 1 N–H and O–H groups in total. The summed E-state index contributed by atoms with van der Waals surface area (Å²) in [6.45, 7) is 8.64. The molecule has 0 aliphatic rings. The van der Waals surface area contributed by atoms with Gasteiger partial charge in [-0.2, -0.15) is 0 Å². The number of pyridine rings is 1. The minimum atomic E-state index is -1.05. The molecule has 0 atom stereocenters. The number of rotatable bonds is 9. The lowest BCUT2D eigenvalue weighted by molar-refractivity contribution is 0.0898. The van der Waals surface area contributed by atoms with E-state index in [0.29, 0.717) is 6.73 Å². The van der Waals surface area contributed by atoms with Crippen LogP contribution in [0.15, 0.2) is 27.8 Å². The van der Waals surface area contributed by atoms with Crippen LogP contribution in [0.25, 0.3) is 11.0 Å². The van der Waals surface area contributed by atoms with Crippen LogP contribution in [0.1, 0.15) is 6.42 Å². The fourth-order valence-corrected chi connectivity index (χ4v) is 4.30. The van der Waals surface area contributed by atoms with Crippen LogP contribution in [0.5, 0.6) is 0 Å². The van der Waals surface area contributed by atoms with Crippen LogP contribution in [0.2, 0.25) is 25.7 Å². The molecule has 0 amide bonds. The molecule has 2 heterocycles. The zero-order valence-electron chi connectivity index (χ0n) is 14.0. The van der Waals surface area contributed by atoms with Gasteiger partial charge >= 0.3 is 0 Å². The zero-order chi connectivity index (χ0) is 16.9. The highest BCUT2D eigenvalue weighted by molar-refractivity contribution is 9.10. The second kappa shape index (κ2) is 8.67. The Bertz CT molecular complexity index is 643. The molecule has 2 aromatic heterocycles. The number of aliphatic hydroxyl groups is 1. The number of hydrogen-bond acceptors (Lipinski definition) is 4. The largest absolute Gasteiger partial charge is 0.396 e. The average Bonchev–Trinajstić information content (AvgIpc) is 2.85. The Kier molecular flexibility index (Phi) is 7.15. The Labute approximate surface area is 151 Å². The van der Waals surface area contributed by atoms with Gasteiger partial charge in [0.1, 0.15) is 17.4 Å². The van der Waals surface area contributed by atoms with Crippen molar-refractivity contribution in [2.75, 3.05) is 19.0 Å². The summed E-state index contributed by atoms with van der Waals surface area (Å²) < 4.78 is 8.90. The molecule has 0 aromatic carbocycles. The molecular formula is C16H25BrN2O2SSi. The summed E-state index contributed by atoms with van der Waals surface area (Å²) in [5, 5.41) is 11.0. The molecular weight excluding hydrogens is 392 g/mol. The Morgan fingerprint density at radius 3 is 2.87 bits per heavy atom. The topological polar surface area (TPSA) is 47.3 Å². The Morgan fingerprint density at radius 1 is 1.39 bits per heavy atom. The first-order valence-electron chi connectivity index (χ1n) is 7.87. The van der Waals surface area contributed by atoms with Crippen molar-refractivity contribution in [3.8, 4) is 0 Å². The van der Waals surface area contributed by atoms with Gasteiger partial charge in [-0.1, -0.05) is 19.6 Å². The maximum atomic E-state index is 8.91. The molecule has 7 heteroatoms. The van der Waals surface area contributed by atoms with Gasteiger partial charge in [-0.3, -0.25) is 0 Å². The van der Waals surface area contributed by atoms with Crippen LogP contribution in [0, 0.1) is 0 Å². The van der Waals surface area contributed by atoms with Gasteiger partial charge in [0.25, 0.3) is 0 Å². The van der Waals surface area contributed by atoms with Gasteiger partial charge in [-0.05, 0) is 40.5 Å². The van der Waals surface area contributed by atoms with E-state index in [0.717, 1.165) is 39.3 Å². The third-order valence-corrected chi connectivity index (χ3v) is 7.07. The summed E-state index contributed by atoms with van der Waals surface area (Å²) in [6.07, 6.45) is 2.80. The van der Waals surface area contributed by atoms with E-state index in [9.17, 15) is 0 Å². The van der Waals surface area contributed by atoms with Crippen molar-refractivity contribution < 1.29 is 9.84 Å². The second-order valence-electron chi connectivity index (χ2n) is 6.75. The molecule has 0 radical (unpaired) electrons. The van der Waals surface area contributed by atoms with E-state index >= 15 is 0 Å². The highest BCUT2D eigenvalue weighted by atomic mass is 79.9. The van der Waals surface area contributed by atoms with Gasteiger partial charge in [0.2, 0.25) is 0 Å². The SMILES string of the molecule is C[Si](C)(C)CCOCn1ccc2cc(Br)c(SCCCO)nc21. The van der Waals surface area contributed by atoms with Crippen molar-refractivity contribution in [2.45, 2.75) is 43.9 Å². The monoisotopic (exact) mass is 416 g/mol. The van der Waals surface area contributed by atoms with Crippen LogP contribution in [-0.4, -0.2) is 41.7 Å². The zero-order valence-corrected chi connectivity index (χ0v) is 17.4. The number of thioether (sulfide) groups is 1. The summed E-state index contributed by atoms with van der Waals surface area (Å²) in [5.41, 5.74) is 0.952. The molecule has 0 unspecified atom stereocenters. The third-order valence-electron chi connectivity index (χ3n) is 3.43. The quantitative estimate of drug-likeness (QED) is 0.368. The van der Waals surface area contributed by atoms with Crippen LogP contribution in [0.4, 0.5) is 0 Å². The number of hydrogen-bond donors (Lipinski definition) is 1. The molecule has 128 valence electrons. The molecule has 2 aromatic rings. The van der Waals surface area contributed by atoms with Gasteiger partial charge in [0.15, 0.2) is 0 Å². The Balaban J connectivity index is 2.04. The maximum absolute atomic E-state index is 8.91. The van der Waals surface area contributed by atoms with Gasteiger partial charge in [0.05, 0.1) is 4.47 Å². The first-order valence-corrected chi connectivity index (χ1v) is 13.4. The molecule has 0 saturated carbocycles. The Hall–Kier alpha value is -0.343. The minimum Gasteiger partial charge on any atom is -0.396 e. The predicted molar refractivity (Wildman–Crippen MR) is 104 cm³/mol. The van der Waals surface area contributed by atoms with Crippen molar-refractivity contribution in [1.29, 1.82) is 0 Å². The molecule has 0 aliphatic heterocycles. The van der Waals surface area contributed by atoms with Crippen molar-refractivity contribution in [3.05, 3.63) is 22.8 Å². The van der Waals surface area contributed by atoms with Crippen molar-refractivity contribution >= 4 is 46.8 Å². The standard InChI is InChI=1S/C16H25BrN2O2SSi/c1-23(2,3)10-8-21-12-19-6-5-13-11-14(17)16(18-15(13)19)22-9-4-7-20/h5-6,11,20H,4,7-10,12H2,1-3H3. The Morgan fingerprint density at radius 2 is 2.17 bits per heavy atom. The average molecular weight is 417 g/mol. The lowest BCUT2D eigenvalue weighted by Gasteiger charge is -2.15. The summed E-state index contributed by atoms with van der Waals surface area (Å²) in [7, 11) is -1.05. The van der Waals surface area contributed by atoms with Gasteiger partial charge in [-0.25, -0.2) is 4.98 Å². The van der Waals surface area contributed by atoms with Crippen LogP contribution < -0.4 is 0 Å². The van der Waals surface area contributed by atoms with Gasteiger partial charge in [-0.15, -0.1) is 11.8 Å². The minimum absolute atomic E-state index is 0.216. The lowest BCUT2D eigenvalue weighted by atomic mass is 10.3. The van der Waals surface area contributed by atoms with E-state index in [1.54, 1.807) is 11.8 Å². The van der Waals surface area contributed by atoms with E-state index in [-0.39, 0.29) is 6.61 Å². The van der Waals surface area contributed by atoms with Gasteiger partial charge in [0, 0.05) is 38.6 Å². The van der Waals surface area contributed by atoms with Crippen molar-refractivity contribution in [2.24, 2.45) is 0 Å². The molecule has 0 bridgehead atoms. The van der Waals surface area contributed by atoms with Crippen molar-refractivity contribution in [3.63, 3.8) is 0 Å².